The van der Waals surface area contributed by atoms with E-state index in [9.17, 15) is 0 Å². The van der Waals surface area contributed by atoms with E-state index in [0.29, 0.717) is 5.95 Å². The first kappa shape index (κ1) is 18.5. The highest BCUT2D eigenvalue weighted by Crippen LogP contribution is 2.25. The lowest BCUT2D eigenvalue weighted by atomic mass is 9.90. The van der Waals surface area contributed by atoms with Crippen LogP contribution in [0.1, 0.15) is 29.5 Å². The lowest BCUT2D eigenvalue weighted by Crippen LogP contribution is -2.35. The fraction of sp³-hybridized carbons (Fsp3) is 0.333. The number of benzene rings is 2. The molecule has 0 bridgehead atoms. The van der Waals surface area contributed by atoms with E-state index in [0.717, 1.165) is 31.4 Å². The van der Waals surface area contributed by atoms with E-state index in [-0.39, 0.29) is 0 Å². The number of rotatable bonds is 6. The Kier molecular flexibility index (Phi) is 5.86. The molecule has 1 fully saturated rings. The van der Waals surface area contributed by atoms with Crippen LogP contribution in [0.4, 0.5) is 11.8 Å². The Bertz CT molecular complexity index is 886. The molecule has 0 unspecified atom stereocenters. The van der Waals surface area contributed by atoms with Gasteiger partial charge in [0.15, 0.2) is 0 Å². The van der Waals surface area contributed by atoms with Crippen LogP contribution in [0, 0.1) is 12.8 Å². The molecule has 28 heavy (non-hydrogen) atoms. The first-order valence-corrected chi connectivity index (χ1v) is 10.2. The number of anilines is 2. The van der Waals surface area contributed by atoms with Gasteiger partial charge in [-0.2, -0.15) is 4.98 Å². The van der Waals surface area contributed by atoms with Crippen LogP contribution in [-0.4, -0.2) is 23.1 Å². The summed E-state index contributed by atoms with van der Waals surface area (Å²) < 4.78 is 0. The summed E-state index contributed by atoms with van der Waals surface area (Å²) in [6, 6.07) is 21.4. The molecule has 1 aliphatic rings. The molecule has 0 atom stereocenters. The van der Waals surface area contributed by atoms with Crippen LogP contribution in [0.5, 0.6) is 0 Å². The summed E-state index contributed by atoms with van der Waals surface area (Å²) in [7, 11) is 0. The van der Waals surface area contributed by atoms with Crippen LogP contribution in [0.15, 0.2) is 66.9 Å². The molecule has 4 rings (SSSR count). The van der Waals surface area contributed by atoms with Crippen molar-refractivity contribution in [2.24, 2.45) is 5.92 Å². The standard InChI is InChI=1S/C24H28N4/c1-19-6-5-9-22(16-19)18-26-24-25-13-10-23(27-24)28-14-11-21(12-15-28)17-20-7-3-2-4-8-20/h2-10,13,16,21H,11-12,14-15,17-18H2,1H3,(H,25,26,27). The topological polar surface area (TPSA) is 41.1 Å². The molecule has 1 N–H and O–H groups in total. The zero-order chi connectivity index (χ0) is 19.2. The summed E-state index contributed by atoms with van der Waals surface area (Å²) in [5.41, 5.74) is 3.97. The predicted molar refractivity (Wildman–Crippen MR) is 116 cm³/mol. The third-order valence-electron chi connectivity index (χ3n) is 5.48. The molecular formula is C24H28N4. The predicted octanol–water partition coefficient (Wildman–Crippen LogP) is 4.86. The van der Waals surface area contributed by atoms with Gasteiger partial charge in [0.05, 0.1) is 0 Å². The molecule has 4 heteroatoms. The van der Waals surface area contributed by atoms with Crippen LogP contribution in [0.25, 0.3) is 0 Å². The summed E-state index contributed by atoms with van der Waals surface area (Å²) in [4.78, 5) is 11.5. The van der Waals surface area contributed by atoms with E-state index >= 15 is 0 Å². The zero-order valence-corrected chi connectivity index (χ0v) is 16.5. The SMILES string of the molecule is Cc1cccc(CNc2nccc(N3CCC(Cc4ccccc4)CC3)n2)c1. The highest BCUT2D eigenvalue weighted by atomic mass is 15.2. The minimum atomic E-state index is 0.699. The first-order chi connectivity index (χ1) is 13.8. The number of piperidine rings is 1. The van der Waals surface area contributed by atoms with Gasteiger partial charge in [0.2, 0.25) is 5.95 Å². The number of nitrogens with one attached hydrogen (secondary N) is 1. The molecule has 1 aromatic heterocycles. The Labute approximate surface area is 167 Å². The molecule has 144 valence electrons. The number of aromatic nitrogens is 2. The second kappa shape index (κ2) is 8.87. The van der Waals surface area contributed by atoms with Gasteiger partial charge in [0, 0.05) is 25.8 Å². The third kappa shape index (κ3) is 4.89. The Balaban J connectivity index is 1.32. The fourth-order valence-corrected chi connectivity index (χ4v) is 3.93. The van der Waals surface area contributed by atoms with Crippen molar-refractivity contribution in [3.05, 3.63) is 83.6 Å². The minimum absolute atomic E-state index is 0.699. The van der Waals surface area contributed by atoms with Crippen LogP contribution in [0.2, 0.25) is 0 Å². The smallest absolute Gasteiger partial charge is 0.224 e. The van der Waals surface area contributed by atoms with Gasteiger partial charge in [-0.3, -0.25) is 0 Å². The monoisotopic (exact) mass is 372 g/mol. The molecular weight excluding hydrogens is 344 g/mol. The van der Waals surface area contributed by atoms with Gasteiger partial charge in [-0.15, -0.1) is 0 Å². The largest absolute Gasteiger partial charge is 0.356 e. The van der Waals surface area contributed by atoms with Crippen LogP contribution < -0.4 is 10.2 Å². The van der Waals surface area contributed by atoms with E-state index in [2.05, 4.69) is 76.7 Å². The number of hydrogen-bond acceptors (Lipinski definition) is 4. The summed E-state index contributed by atoms with van der Waals surface area (Å²) in [6.45, 7) is 4.98. The van der Waals surface area contributed by atoms with Gasteiger partial charge < -0.3 is 10.2 Å². The minimum Gasteiger partial charge on any atom is -0.356 e. The van der Waals surface area contributed by atoms with Gasteiger partial charge in [-0.05, 0) is 49.3 Å². The van der Waals surface area contributed by atoms with Crippen molar-refractivity contribution in [2.45, 2.75) is 32.7 Å². The van der Waals surface area contributed by atoms with Crippen molar-refractivity contribution in [2.75, 3.05) is 23.3 Å². The second-order valence-electron chi connectivity index (χ2n) is 7.70. The normalized spacial score (nSPS) is 14.8. The van der Waals surface area contributed by atoms with Gasteiger partial charge in [-0.1, -0.05) is 60.2 Å². The van der Waals surface area contributed by atoms with Crippen molar-refractivity contribution < 1.29 is 0 Å². The molecule has 3 aromatic rings. The Morgan fingerprint density at radius 1 is 0.964 bits per heavy atom. The third-order valence-corrected chi connectivity index (χ3v) is 5.48. The Morgan fingerprint density at radius 2 is 1.75 bits per heavy atom. The van der Waals surface area contributed by atoms with Crippen molar-refractivity contribution in [1.82, 2.24) is 9.97 Å². The molecule has 2 heterocycles. The van der Waals surface area contributed by atoms with E-state index in [4.69, 9.17) is 4.98 Å². The number of hydrogen-bond donors (Lipinski definition) is 1. The summed E-state index contributed by atoms with van der Waals surface area (Å²) in [5.74, 6) is 2.49. The molecule has 0 spiro atoms. The van der Waals surface area contributed by atoms with Crippen molar-refractivity contribution in [3.63, 3.8) is 0 Å². The molecule has 1 saturated heterocycles. The highest BCUT2D eigenvalue weighted by molar-refractivity contribution is 5.43. The maximum Gasteiger partial charge on any atom is 0.224 e. The van der Waals surface area contributed by atoms with E-state index in [1.807, 2.05) is 12.3 Å². The molecule has 4 nitrogen and oxygen atoms in total. The average Bonchev–Trinajstić information content (AvgIpc) is 2.74. The quantitative estimate of drug-likeness (QED) is 0.671. The van der Waals surface area contributed by atoms with Crippen LogP contribution >= 0.6 is 0 Å². The van der Waals surface area contributed by atoms with E-state index in [1.165, 1.54) is 36.0 Å². The van der Waals surface area contributed by atoms with Crippen LogP contribution in [0.3, 0.4) is 0 Å². The molecule has 0 amide bonds. The number of aryl methyl sites for hydroxylation is 1. The number of nitrogens with zero attached hydrogens (tertiary/aromatic N) is 3. The zero-order valence-electron chi connectivity index (χ0n) is 16.5. The van der Waals surface area contributed by atoms with Gasteiger partial charge >= 0.3 is 0 Å². The van der Waals surface area contributed by atoms with E-state index in [1.54, 1.807) is 0 Å². The molecule has 0 aliphatic carbocycles. The first-order valence-electron chi connectivity index (χ1n) is 10.2. The molecule has 0 saturated carbocycles. The molecule has 1 aliphatic heterocycles. The second-order valence-corrected chi connectivity index (χ2v) is 7.70. The summed E-state index contributed by atoms with van der Waals surface area (Å²) in [6.07, 6.45) is 5.47. The summed E-state index contributed by atoms with van der Waals surface area (Å²) in [5, 5.41) is 3.36. The van der Waals surface area contributed by atoms with Crippen LogP contribution in [-0.2, 0) is 13.0 Å². The Hall–Kier alpha value is -2.88. The van der Waals surface area contributed by atoms with Gasteiger partial charge in [-0.25, -0.2) is 4.98 Å². The van der Waals surface area contributed by atoms with Crippen molar-refractivity contribution in [3.8, 4) is 0 Å². The van der Waals surface area contributed by atoms with E-state index < -0.39 is 0 Å². The molecule has 0 radical (unpaired) electrons. The maximum atomic E-state index is 4.75. The maximum absolute atomic E-state index is 4.75. The molecule has 2 aromatic carbocycles. The summed E-state index contributed by atoms with van der Waals surface area (Å²) >= 11 is 0. The highest BCUT2D eigenvalue weighted by Gasteiger charge is 2.20. The van der Waals surface area contributed by atoms with Crippen molar-refractivity contribution in [1.29, 1.82) is 0 Å². The lowest BCUT2D eigenvalue weighted by molar-refractivity contribution is 0.402. The van der Waals surface area contributed by atoms with Gasteiger partial charge in [0.25, 0.3) is 0 Å². The average molecular weight is 373 g/mol. The Morgan fingerprint density at radius 3 is 2.54 bits per heavy atom. The fourth-order valence-electron chi connectivity index (χ4n) is 3.93. The van der Waals surface area contributed by atoms with Gasteiger partial charge in [0.1, 0.15) is 5.82 Å². The van der Waals surface area contributed by atoms with Crippen molar-refractivity contribution >= 4 is 11.8 Å². The lowest BCUT2D eigenvalue weighted by Gasteiger charge is -2.33.